The Bertz CT molecular complexity index is 925. The second-order valence-electron chi connectivity index (χ2n) is 5.82. The lowest BCUT2D eigenvalue weighted by molar-refractivity contribution is -0.137. The van der Waals surface area contributed by atoms with Crippen molar-refractivity contribution in [1.29, 1.82) is 0 Å². The number of carbonyl (C=O) groups excluding carboxylic acids is 1. The average Bonchev–Trinajstić information content (AvgIpc) is 2.93. The summed E-state index contributed by atoms with van der Waals surface area (Å²) in [5, 5.41) is 2.41. The van der Waals surface area contributed by atoms with Gasteiger partial charge in [0, 0.05) is 17.8 Å². The zero-order chi connectivity index (χ0) is 18.9. The number of benzene rings is 2. The summed E-state index contributed by atoms with van der Waals surface area (Å²) in [7, 11) is -3.31. The fourth-order valence-electron chi connectivity index (χ4n) is 2.69. The molecule has 9 heteroatoms. The third-order valence-electron chi connectivity index (χ3n) is 3.96. The number of rotatable bonds is 3. The van der Waals surface area contributed by atoms with Gasteiger partial charge in [0.25, 0.3) is 5.91 Å². The Balaban J connectivity index is 1.75. The molecule has 0 aliphatic carbocycles. The summed E-state index contributed by atoms with van der Waals surface area (Å²) in [5.74, 6) is -0.495. The van der Waals surface area contributed by atoms with Crippen molar-refractivity contribution in [2.75, 3.05) is 21.9 Å². The molecule has 1 heterocycles. The van der Waals surface area contributed by atoms with Gasteiger partial charge in [-0.1, -0.05) is 6.07 Å². The normalized spacial score (nSPS) is 16.5. The van der Waals surface area contributed by atoms with Crippen LogP contribution in [0.1, 0.15) is 22.3 Å². The zero-order valence-electron chi connectivity index (χ0n) is 13.5. The zero-order valence-corrected chi connectivity index (χ0v) is 14.3. The van der Waals surface area contributed by atoms with Gasteiger partial charge in [-0.15, -0.1) is 0 Å². The van der Waals surface area contributed by atoms with Crippen LogP contribution in [0, 0.1) is 0 Å². The fraction of sp³-hybridized carbons (Fsp3) is 0.235. The minimum atomic E-state index is -4.50. The van der Waals surface area contributed by atoms with E-state index in [4.69, 9.17) is 0 Å². The molecule has 0 radical (unpaired) electrons. The van der Waals surface area contributed by atoms with Crippen molar-refractivity contribution in [2.24, 2.45) is 0 Å². The minimum absolute atomic E-state index is 0.0241. The molecule has 1 fully saturated rings. The maximum atomic E-state index is 12.7. The summed E-state index contributed by atoms with van der Waals surface area (Å²) in [6.45, 7) is 0.387. The molecule has 1 aliphatic rings. The van der Waals surface area contributed by atoms with Crippen LogP contribution >= 0.6 is 0 Å². The molecule has 2 aromatic rings. The number of nitrogens with zero attached hydrogens (tertiary/aromatic N) is 1. The van der Waals surface area contributed by atoms with Crippen molar-refractivity contribution >= 4 is 27.3 Å². The Morgan fingerprint density at radius 3 is 2.35 bits per heavy atom. The van der Waals surface area contributed by atoms with Gasteiger partial charge in [0.1, 0.15) is 0 Å². The van der Waals surface area contributed by atoms with Gasteiger partial charge in [-0.3, -0.25) is 9.10 Å². The lowest BCUT2D eigenvalue weighted by atomic mass is 10.1. The second kappa shape index (κ2) is 6.64. The molecule has 1 saturated heterocycles. The predicted octanol–water partition coefficient (Wildman–Crippen LogP) is 3.50. The monoisotopic (exact) mass is 384 g/mol. The number of carbonyl (C=O) groups is 1. The van der Waals surface area contributed by atoms with Crippen molar-refractivity contribution in [3.05, 3.63) is 59.7 Å². The van der Waals surface area contributed by atoms with E-state index in [1.165, 1.54) is 40.7 Å². The molecule has 1 aliphatic heterocycles. The van der Waals surface area contributed by atoms with Crippen LogP contribution in [-0.2, 0) is 16.2 Å². The van der Waals surface area contributed by atoms with Crippen LogP contribution in [0.3, 0.4) is 0 Å². The first kappa shape index (κ1) is 18.2. The summed E-state index contributed by atoms with van der Waals surface area (Å²) in [5.41, 5.74) is -0.165. The molecule has 138 valence electrons. The lowest BCUT2D eigenvalue weighted by Crippen LogP contribution is -2.25. The highest BCUT2D eigenvalue weighted by Gasteiger charge is 2.30. The molecule has 0 saturated carbocycles. The van der Waals surface area contributed by atoms with Crippen molar-refractivity contribution < 1.29 is 26.4 Å². The Kier molecular flexibility index (Phi) is 4.66. The van der Waals surface area contributed by atoms with Crippen molar-refractivity contribution in [3.8, 4) is 0 Å². The minimum Gasteiger partial charge on any atom is -0.322 e. The van der Waals surface area contributed by atoms with Gasteiger partial charge < -0.3 is 5.32 Å². The first-order valence-corrected chi connectivity index (χ1v) is 9.37. The van der Waals surface area contributed by atoms with Crippen molar-refractivity contribution in [3.63, 3.8) is 0 Å². The number of amides is 1. The first-order valence-electron chi connectivity index (χ1n) is 7.76. The predicted molar refractivity (Wildman–Crippen MR) is 91.6 cm³/mol. The lowest BCUT2D eigenvalue weighted by Gasteiger charge is -2.17. The van der Waals surface area contributed by atoms with Gasteiger partial charge in [0.05, 0.1) is 17.0 Å². The third-order valence-corrected chi connectivity index (χ3v) is 5.83. The molecule has 0 unspecified atom stereocenters. The molecule has 0 spiro atoms. The number of hydrogen-bond acceptors (Lipinski definition) is 3. The smallest absolute Gasteiger partial charge is 0.322 e. The van der Waals surface area contributed by atoms with Crippen LogP contribution in [-0.4, -0.2) is 26.6 Å². The maximum Gasteiger partial charge on any atom is 0.416 e. The van der Waals surface area contributed by atoms with Crippen LogP contribution in [0.4, 0.5) is 24.5 Å². The van der Waals surface area contributed by atoms with Crippen LogP contribution in [0.15, 0.2) is 48.5 Å². The molecule has 1 amide bonds. The quantitative estimate of drug-likeness (QED) is 0.881. The van der Waals surface area contributed by atoms with Gasteiger partial charge in [-0.2, -0.15) is 13.2 Å². The van der Waals surface area contributed by atoms with E-state index in [-0.39, 0.29) is 17.0 Å². The van der Waals surface area contributed by atoms with Gasteiger partial charge in [0.15, 0.2) is 0 Å². The highest BCUT2D eigenvalue weighted by Crippen LogP contribution is 2.31. The van der Waals surface area contributed by atoms with E-state index in [1.54, 1.807) is 0 Å². The Morgan fingerprint density at radius 1 is 1.08 bits per heavy atom. The van der Waals surface area contributed by atoms with E-state index < -0.39 is 27.7 Å². The highest BCUT2D eigenvalue weighted by atomic mass is 32.2. The Labute approximate surface area is 148 Å². The molecule has 1 N–H and O–H groups in total. The number of sulfonamides is 1. The largest absolute Gasteiger partial charge is 0.416 e. The van der Waals surface area contributed by atoms with Crippen molar-refractivity contribution in [2.45, 2.75) is 12.6 Å². The average molecular weight is 384 g/mol. The van der Waals surface area contributed by atoms with Crippen LogP contribution in [0.5, 0.6) is 0 Å². The summed E-state index contributed by atoms with van der Waals surface area (Å²) in [4.78, 5) is 12.2. The Morgan fingerprint density at radius 2 is 1.77 bits per heavy atom. The molecule has 3 rings (SSSR count). The summed E-state index contributed by atoms with van der Waals surface area (Å²) < 4.78 is 63.2. The number of nitrogens with one attached hydrogen (secondary N) is 1. The molecule has 0 aromatic heterocycles. The molecule has 2 aromatic carbocycles. The van der Waals surface area contributed by atoms with E-state index in [1.807, 2.05) is 0 Å². The van der Waals surface area contributed by atoms with Crippen LogP contribution < -0.4 is 9.62 Å². The molecule has 26 heavy (non-hydrogen) atoms. The van der Waals surface area contributed by atoms with Gasteiger partial charge >= 0.3 is 6.18 Å². The molecular formula is C17H15F3N2O3S. The first-order chi connectivity index (χ1) is 12.2. The SMILES string of the molecule is O=C(Nc1cccc(C(F)(F)F)c1)c1ccc(N2CCCS2(=O)=O)cc1. The van der Waals surface area contributed by atoms with E-state index >= 15 is 0 Å². The molecule has 0 bridgehead atoms. The number of alkyl halides is 3. The molecule has 5 nitrogen and oxygen atoms in total. The van der Waals surface area contributed by atoms with Gasteiger partial charge in [0.2, 0.25) is 10.0 Å². The van der Waals surface area contributed by atoms with Gasteiger partial charge in [-0.25, -0.2) is 8.42 Å². The van der Waals surface area contributed by atoms with E-state index in [0.717, 1.165) is 12.1 Å². The fourth-order valence-corrected chi connectivity index (χ4v) is 4.25. The standard InChI is InChI=1S/C17H15F3N2O3S/c18-17(19,20)13-3-1-4-14(11-13)21-16(23)12-5-7-15(8-6-12)22-9-2-10-26(22,24)25/h1,3-8,11H,2,9-10H2,(H,21,23). The Hall–Kier alpha value is -2.55. The third kappa shape index (κ3) is 3.82. The summed E-state index contributed by atoms with van der Waals surface area (Å²) >= 11 is 0. The topological polar surface area (TPSA) is 66.5 Å². The van der Waals surface area contributed by atoms with E-state index in [9.17, 15) is 26.4 Å². The number of anilines is 2. The summed E-state index contributed by atoms with van der Waals surface area (Å²) in [6.07, 6.45) is -3.95. The van der Waals surface area contributed by atoms with Crippen LogP contribution in [0.2, 0.25) is 0 Å². The highest BCUT2D eigenvalue weighted by molar-refractivity contribution is 7.93. The molecule has 0 atom stereocenters. The van der Waals surface area contributed by atoms with Crippen molar-refractivity contribution in [1.82, 2.24) is 0 Å². The van der Waals surface area contributed by atoms with E-state index in [0.29, 0.717) is 18.7 Å². The van der Waals surface area contributed by atoms with Crippen LogP contribution in [0.25, 0.3) is 0 Å². The second-order valence-corrected chi connectivity index (χ2v) is 7.83. The summed E-state index contributed by atoms with van der Waals surface area (Å²) in [6, 6.07) is 10.2. The maximum absolute atomic E-state index is 12.7. The number of halogens is 3. The molecular weight excluding hydrogens is 369 g/mol. The van der Waals surface area contributed by atoms with E-state index in [2.05, 4.69) is 5.32 Å². The van der Waals surface area contributed by atoms with Gasteiger partial charge in [-0.05, 0) is 48.9 Å². The number of hydrogen-bond donors (Lipinski definition) is 1.